The fourth-order valence-electron chi connectivity index (χ4n) is 1.60. The van der Waals surface area contributed by atoms with E-state index in [4.69, 9.17) is 10.00 Å². The number of anilines is 2. The van der Waals surface area contributed by atoms with Crippen molar-refractivity contribution >= 4 is 11.5 Å². The molecular formula is C13H12N4O. The van der Waals surface area contributed by atoms with Crippen molar-refractivity contribution < 1.29 is 4.74 Å². The van der Waals surface area contributed by atoms with E-state index in [1.807, 2.05) is 37.4 Å². The topological polar surface area (TPSA) is 62.0 Å². The van der Waals surface area contributed by atoms with Crippen LogP contribution in [0.4, 0.5) is 11.5 Å². The molecule has 5 nitrogen and oxygen atoms in total. The van der Waals surface area contributed by atoms with Crippen molar-refractivity contribution in [3.05, 3.63) is 42.4 Å². The maximum absolute atomic E-state index is 9.01. The van der Waals surface area contributed by atoms with Crippen LogP contribution in [0.15, 0.2) is 36.7 Å². The molecule has 0 aliphatic carbocycles. The first-order valence-corrected chi connectivity index (χ1v) is 5.35. The normalized spacial score (nSPS) is 9.61. The van der Waals surface area contributed by atoms with E-state index in [0.717, 1.165) is 11.4 Å². The standard InChI is InChI=1S/C13H12N4O/c1-17(10-4-3-5-11(8-10)18-2)13-12(9-14)15-6-7-16-13/h3-8H,1-2H3. The Bertz CT molecular complexity index is 592. The third-order valence-electron chi connectivity index (χ3n) is 2.54. The minimum atomic E-state index is 0.294. The molecule has 1 aromatic carbocycles. The molecule has 0 saturated heterocycles. The summed E-state index contributed by atoms with van der Waals surface area (Å²) in [5, 5.41) is 9.01. The van der Waals surface area contributed by atoms with Gasteiger partial charge in [0, 0.05) is 31.2 Å². The smallest absolute Gasteiger partial charge is 0.183 e. The highest BCUT2D eigenvalue weighted by molar-refractivity contribution is 5.64. The lowest BCUT2D eigenvalue weighted by Crippen LogP contribution is -2.13. The summed E-state index contributed by atoms with van der Waals surface area (Å²) < 4.78 is 5.17. The van der Waals surface area contributed by atoms with Crippen LogP contribution in [-0.4, -0.2) is 24.1 Å². The molecule has 1 aromatic heterocycles. The van der Waals surface area contributed by atoms with Gasteiger partial charge in [-0.2, -0.15) is 5.26 Å². The van der Waals surface area contributed by atoms with Crippen LogP contribution in [0.2, 0.25) is 0 Å². The predicted molar refractivity (Wildman–Crippen MR) is 67.8 cm³/mol. The maximum atomic E-state index is 9.01. The zero-order chi connectivity index (χ0) is 13.0. The molecule has 0 bridgehead atoms. The zero-order valence-electron chi connectivity index (χ0n) is 10.2. The molecule has 5 heteroatoms. The third-order valence-corrected chi connectivity index (χ3v) is 2.54. The monoisotopic (exact) mass is 240 g/mol. The Morgan fingerprint density at radius 1 is 1.28 bits per heavy atom. The van der Waals surface area contributed by atoms with Crippen molar-refractivity contribution in [1.82, 2.24) is 9.97 Å². The summed E-state index contributed by atoms with van der Waals surface area (Å²) in [5.41, 5.74) is 1.18. The van der Waals surface area contributed by atoms with E-state index in [2.05, 4.69) is 9.97 Å². The second-order valence-corrected chi connectivity index (χ2v) is 3.60. The van der Waals surface area contributed by atoms with Gasteiger partial charge in [0.05, 0.1) is 7.11 Å². The van der Waals surface area contributed by atoms with E-state index < -0.39 is 0 Å². The number of rotatable bonds is 3. The minimum Gasteiger partial charge on any atom is -0.497 e. The van der Waals surface area contributed by atoms with Crippen LogP contribution in [0.25, 0.3) is 0 Å². The van der Waals surface area contributed by atoms with Gasteiger partial charge in [-0.15, -0.1) is 0 Å². The van der Waals surface area contributed by atoms with E-state index in [1.165, 1.54) is 6.20 Å². The zero-order valence-corrected chi connectivity index (χ0v) is 10.2. The highest BCUT2D eigenvalue weighted by Crippen LogP contribution is 2.26. The molecule has 0 aliphatic rings. The molecule has 0 unspecified atom stereocenters. The largest absolute Gasteiger partial charge is 0.497 e. The minimum absolute atomic E-state index is 0.294. The van der Waals surface area contributed by atoms with Crippen LogP contribution in [0.1, 0.15) is 5.69 Å². The molecular weight excluding hydrogens is 228 g/mol. The Morgan fingerprint density at radius 2 is 2.06 bits per heavy atom. The Labute approximate surface area is 105 Å². The molecule has 0 radical (unpaired) electrons. The molecule has 0 fully saturated rings. The van der Waals surface area contributed by atoms with Crippen molar-refractivity contribution in [3.63, 3.8) is 0 Å². The lowest BCUT2D eigenvalue weighted by molar-refractivity contribution is 0.415. The summed E-state index contributed by atoms with van der Waals surface area (Å²) in [4.78, 5) is 9.97. The molecule has 0 spiro atoms. The fraction of sp³-hybridized carbons (Fsp3) is 0.154. The van der Waals surface area contributed by atoms with Crippen molar-refractivity contribution in [1.29, 1.82) is 5.26 Å². The number of hydrogen-bond donors (Lipinski definition) is 0. The van der Waals surface area contributed by atoms with E-state index in [-0.39, 0.29) is 0 Å². The Morgan fingerprint density at radius 3 is 2.78 bits per heavy atom. The first-order chi connectivity index (χ1) is 8.76. The molecule has 1 heterocycles. The third kappa shape index (κ3) is 2.23. The van der Waals surface area contributed by atoms with Crippen LogP contribution >= 0.6 is 0 Å². The Hall–Kier alpha value is -2.61. The number of nitrogens with zero attached hydrogens (tertiary/aromatic N) is 4. The fourth-order valence-corrected chi connectivity index (χ4v) is 1.60. The van der Waals surface area contributed by atoms with Gasteiger partial charge in [0.25, 0.3) is 0 Å². The first-order valence-electron chi connectivity index (χ1n) is 5.35. The van der Waals surface area contributed by atoms with E-state index >= 15 is 0 Å². The lowest BCUT2D eigenvalue weighted by atomic mass is 10.2. The highest BCUT2D eigenvalue weighted by atomic mass is 16.5. The summed E-state index contributed by atoms with van der Waals surface area (Å²) in [6, 6.07) is 9.56. The molecule has 0 atom stereocenters. The van der Waals surface area contributed by atoms with Crippen molar-refractivity contribution in [2.75, 3.05) is 19.1 Å². The molecule has 0 saturated carbocycles. The van der Waals surface area contributed by atoms with Crippen LogP contribution in [0.5, 0.6) is 5.75 Å². The van der Waals surface area contributed by atoms with Crippen molar-refractivity contribution in [3.8, 4) is 11.8 Å². The van der Waals surface area contributed by atoms with Gasteiger partial charge in [0.15, 0.2) is 11.5 Å². The molecule has 0 N–H and O–H groups in total. The molecule has 0 amide bonds. The summed E-state index contributed by atoms with van der Waals surface area (Å²) in [5.74, 6) is 1.27. The van der Waals surface area contributed by atoms with Gasteiger partial charge in [-0.3, -0.25) is 0 Å². The number of ether oxygens (including phenoxy) is 1. The number of aromatic nitrogens is 2. The molecule has 2 rings (SSSR count). The van der Waals surface area contributed by atoms with Gasteiger partial charge in [-0.25, -0.2) is 9.97 Å². The van der Waals surface area contributed by atoms with Gasteiger partial charge in [0.2, 0.25) is 0 Å². The predicted octanol–water partition coefficient (Wildman–Crippen LogP) is 2.12. The Balaban J connectivity index is 2.41. The summed E-state index contributed by atoms with van der Waals surface area (Å²) in [6.07, 6.45) is 3.06. The quantitative estimate of drug-likeness (QED) is 0.822. The van der Waals surface area contributed by atoms with Gasteiger partial charge < -0.3 is 9.64 Å². The average molecular weight is 240 g/mol. The van der Waals surface area contributed by atoms with Gasteiger partial charge in [0.1, 0.15) is 11.8 Å². The van der Waals surface area contributed by atoms with Crippen LogP contribution < -0.4 is 9.64 Å². The summed E-state index contributed by atoms with van der Waals surface area (Å²) >= 11 is 0. The number of nitriles is 1. The average Bonchev–Trinajstić information content (AvgIpc) is 2.46. The maximum Gasteiger partial charge on any atom is 0.183 e. The summed E-state index contributed by atoms with van der Waals surface area (Å²) in [6.45, 7) is 0. The van der Waals surface area contributed by atoms with E-state index in [9.17, 15) is 0 Å². The van der Waals surface area contributed by atoms with Crippen molar-refractivity contribution in [2.45, 2.75) is 0 Å². The number of methoxy groups -OCH3 is 1. The second-order valence-electron chi connectivity index (χ2n) is 3.60. The van der Waals surface area contributed by atoms with Crippen molar-refractivity contribution in [2.24, 2.45) is 0 Å². The molecule has 90 valence electrons. The number of benzene rings is 1. The van der Waals surface area contributed by atoms with Gasteiger partial charge in [-0.05, 0) is 12.1 Å². The van der Waals surface area contributed by atoms with Crippen LogP contribution in [0, 0.1) is 11.3 Å². The second kappa shape index (κ2) is 5.15. The van der Waals surface area contributed by atoms with E-state index in [0.29, 0.717) is 11.5 Å². The Kier molecular flexibility index (Phi) is 3.39. The number of hydrogen-bond acceptors (Lipinski definition) is 5. The SMILES string of the molecule is COc1cccc(N(C)c2nccnc2C#N)c1. The van der Waals surface area contributed by atoms with Crippen LogP contribution in [-0.2, 0) is 0 Å². The van der Waals surface area contributed by atoms with Crippen LogP contribution in [0.3, 0.4) is 0 Å². The lowest BCUT2D eigenvalue weighted by Gasteiger charge is -2.19. The molecule has 0 aliphatic heterocycles. The summed E-state index contributed by atoms with van der Waals surface area (Å²) in [7, 11) is 3.45. The van der Waals surface area contributed by atoms with Gasteiger partial charge >= 0.3 is 0 Å². The highest BCUT2D eigenvalue weighted by Gasteiger charge is 2.11. The van der Waals surface area contributed by atoms with E-state index in [1.54, 1.807) is 18.2 Å². The first kappa shape index (κ1) is 11.9. The molecule has 18 heavy (non-hydrogen) atoms. The van der Waals surface area contributed by atoms with Gasteiger partial charge in [-0.1, -0.05) is 6.07 Å². The molecule has 2 aromatic rings.